The fraction of sp³-hybridized carbons (Fsp3) is 0.333. The van der Waals surface area contributed by atoms with E-state index in [1.807, 2.05) is 0 Å². The molecule has 102 valence electrons. The highest BCUT2D eigenvalue weighted by Crippen LogP contribution is 2.30. The highest BCUT2D eigenvalue weighted by atomic mass is 79.9. The highest BCUT2D eigenvalue weighted by molar-refractivity contribution is 9.10. The zero-order valence-electron chi connectivity index (χ0n) is 9.79. The molecule has 1 aromatic carbocycles. The third-order valence-electron chi connectivity index (χ3n) is 2.24. The van der Waals surface area contributed by atoms with Gasteiger partial charge in [0.2, 0.25) is 0 Å². The molecule has 0 aliphatic rings. The lowest BCUT2D eigenvalue weighted by Crippen LogP contribution is -2.20. The Bertz CT molecular complexity index is 521. The Balaban J connectivity index is 3.30. The van der Waals surface area contributed by atoms with E-state index in [0.29, 0.717) is 0 Å². The van der Waals surface area contributed by atoms with E-state index in [4.69, 9.17) is 5.26 Å². The van der Waals surface area contributed by atoms with Crippen molar-refractivity contribution in [3.8, 4) is 11.8 Å². The molecule has 1 rings (SSSR count). The second kappa shape index (κ2) is 6.06. The predicted molar refractivity (Wildman–Crippen MR) is 65.2 cm³/mol. The molecule has 0 fully saturated rings. The van der Waals surface area contributed by atoms with Crippen LogP contribution in [-0.2, 0) is 6.42 Å². The summed E-state index contributed by atoms with van der Waals surface area (Å²) in [5.74, 6) is -0.925. The lowest BCUT2D eigenvalue weighted by atomic mass is 9.99. The molecule has 1 unspecified atom stereocenters. The number of carbonyl (C=O) groups is 1. The number of alkyl halides is 4. The zero-order chi connectivity index (χ0) is 14.6. The first-order valence-corrected chi connectivity index (χ1v) is 6.10. The molecule has 3 nitrogen and oxygen atoms in total. The molecular weight excluding hydrogens is 327 g/mol. The Morgan fingerprint density at radius 3 is 2.63 bits per heavy atom. The number of benzene rings is 1. The van der Waals surface area contributed by atoms with Gasteiger partial charge in [0.15, 0.2) is 5.78 Å². The molecular formula is C12H9BrF3NO2. The van der Waals surface area contributed by atoms with Crippen molar-refractivity contribution < 1.29 is 22.7 Å². The van der Waals surface area contributed by atoms with E-state index in [1.165, 1.54) is 12.1 Å². The first-order valence-electron chi connectivity index (χ1n) is 5.19. The summed E-state index contributed by atoms with van der Waals surface area (Å²) in [7, 11) is 0. The Hall–Kier alpha value is -1.55. The van der Waals surface area contributed by atoms with Gasteiger partial charge in [0.25, 0.3) is 0 Å². The van der Waals surface area contributed by atoms with E-state index in [9.17, 15) is 18.0 Å². The molecule has 0 radical (unpaired) electrons. The molecule has 19 heavy (non-hydrogen) atoms. The molecule has 0 aliphatic carbocycles. The van der Waals surface area contributed by atoms with E-state index >= 15 is 0 Å². The number of nitriles is 1. The average Bonchev–Trinajstić information content (AvgIpc) is 2.28. The molecule has 0 spiro atoms. The van der Waals surface area contributed by atoms with Gasteiger partial charge in [0, 0.05) is 11.1 Å². The number of rotatable bonds is 4. The number of carbonyl (C=O) groups excluding carboxylic acids is 1. The second-order valence-corrected chi connectivity index (χ2v) is 5.02. The van der Waals surface area contributed by atoms with Crippen molar-refractivity contribution in [3.63, 3.8) is 0 Å². The summed E-state index contributed by atoms with van der Waals surface area (Å²) >= 11 is 3.05. The van der Waals surface area contributed by atoms with Gasteiger partial charge in [-0.3, -0.25) is 4.79 Å². The Labute approximate surface area is 116 Å². The first kappa shape index (κ1) is 15.5. The number of Topliss-reactive ketones (excluding diaryl/α,β-unsaturated/α-hetero) is 1. The van der Waals surface area contributed by atoms with Gasteiger partial charge in [-0.2, -0.15) is 5.26 Å². The predicted octanol–water partition coefficient (Wildman–Crippen LogP) is 3.62. The normalized spacial score (nSPS) is 12.6. The largest absolute Gasteiger partial charge is 0.573 e. The number of ether oxygens (including phenoxy) is 1. The van der Waals surface area contributed by atoms with Gasteiger partial charge in [-0.25, -0.2) is 0 Å². The van der Waals surface area contributed by atoms with Crippen molar-refractivity contribution in [3.05, 3.63) is 29.3 Å². The lowest BCUT2D eigenvalue weighted by Gasteiger charge is -2.15. The standard InChI is InChI=1S/C12H9BrF3NO2/c1-7(13)11(18)9-3-2-4-10(8(9)5-6-17)19-12(14,15)16/h2-4,7H,5H2,1H3. The first-order chi connectivity index (χ1) is 8.76. The Kier molecular flexibility index (Phi) is 4.95. The van der Waals surface area contributed by atoms with Crippen LogP contribution in [0, 0.1) is 11.3 Å². The maximum Gasteiger partial charge on any atom is 0.573 e. The van der Waals surface area contributed by atoms with Crippen LogP contribution in [0.15, 0.2) is 18.2 Å². The van der Waals surface area contributed by atoms with Crippen LogP contribution in [0.4, 0.5) is 13.2 Å². The smallest absolute Gasteiger partial charge is 0.405 e. The molecule has 0 amide bonds. The SMILES string of the molecule is CC(Br)C(=O)c1cccc(OC(F)(F)F)c1CC#N. The number of nitrogens with zero attached hydrogens (tertiary/aromatic N) is 1. The molecule has 1 aromatic rings. The summed E-state index contributed by atoms with van der Waals surface area (Å²) < 4.78 is 40.6. The molecule has 0 saturated carbocycles. The maximum atomic E-state index is 12.3. The van der Waals surface area contributed by atoms with Gasteiger partial charge in [0.05, 0.1) is 17.3 Å². The highest BCUT2D eigenvalue weighted by Gasteiger charge is 2.33. The van der Waals surface area contributed by atoms with Crippen LogP contribution in [0.5, 0.6) is 5.75 Å². The minimum absolute atomic E-state index is 0.0488. The summed E-state index contributed by atoms with van der Waals surface area (Å²) in [6.45, 7) is 1.55. The molecule has 0 bridgehead atoms. The van der Waals surface area contributed by atoms with Crippen molar-refractivity contribution in [2.24, 2.45) is 0 Å². The van der Waals surface area contributed by atoms with Crippen LogP contribution in [0.2, 0.25) is 0 Å². The Morgan fingerprint density at radius 2 is 2.16 bits per heavy atom. The van der Waals surface area contributed by atoms with Crippen molar-refractivity contribution in [1.82, 2.24) is 0 Å². The van der Waals surface area contributed by atoms with Gasteiger partial charge in [-0.1, -0.05) is 28.1 Å². The summed E-state index contributed by atoms with van der Waals surface area (Å²) in [5.41, 5.74) is -0.00806. The van der Waals surface area contributed by atoms with Gasteiger partial charge in [-0.05, 0) is 13.0 Å². The van der Waals surface area contributed by atoms with Crippen molar-refractivity contribution in [2.45, 2.75) is 24.5 Å². The molecule has 0 aliphatic heterocycles. The minimum Gasteiger partial charge on any atom is -0.405 e. The van der Waals surface area contributed by atoms with Crippen molar-refractivity contribution >= 4 is 21.7 Å². The summed E-state index contributed by atoms with van der Waals surface area (Å²) in [5, 5.41) is 8.68. The Morgan fingerprint density at radius 1 is 1.53 bits per heavy atom. The lowest BCUT2D eigenvalue weighted by molar-refractivity contribution is -0.274. The number of hydrogen-bond acceptors (Lipinski definition) is 3. The van der Waals surface area contributed by atoms with E-state index in [0.717, 1.165) is 6.07 Å². The molecule has 0 N–H and O–H groups in total. The molecule has 1 atom stereocenters. The second-order valence-electron chi connectivity index (χ2n) is 3.65. The summed E-state index contributed by atoms with van der Waals surface area (Å²) in [4.78, 5) is 11.3. The number of hydrogen-bond donors (Lipinski definition) is 0. The molecule has 0 aromatic heterocycles. The topological polar surface area (TPSA) is 50.1 Å². The summed E-state index contributed by atoms with van der Waals surface area (Å²) in [6, 6.07) is 5.46. The third-order valence-corrected chi connectivity index (χ3v) is 2.66. The molecule has 0 heterocycles. The van der Waals surface area contributed by atoms with Crippen LogP contribution < -0.4 is 4.74 Å². The van der Waals surface area contributed by atoms with Crippen LogP contribution >= 0.6 is 15.9 Å². The third kappa shape index (κ3) is 4.24. The van der Waals surface area contributed by atoms with Gasteiger partial charge in [0.1, 0.15) is 5.75 Å². The quantitative estimate of drug-likeness (QED) is 0.623. The van der Waals surface area contributed by atoms with Crippen LogP contribution in [0.25, 0.3) is 0 Å². The minimum atomic E-state index is -4.87. The monoisotopic (exact) mass is 335 g/mol. The van der Waals surface area contributed by atoms with E-state index in [1.54, 1.807) is 13.0 Å². The molecule has 0 saturated heterocycles. The van der Waals surface area contributed by atoms with Crippen LogP contribution in [-0.4, -0.2) is 17.0 Å². The average molecular weight is 336 g/mol. The van der Waals surface area contributed by atoms with Crippen molar-refractivity contribution in [1.29, 1.82) is 5.26 Å². The van der Waals surface area contributed by atoms with Gasteiger partial charge < -0.3 is 4.74 Å². The molecule has 7 heteroatoms. The number of ketones is 1. The fourth-order valence-corrected chi connectivity index (χ4v) is 1.74. The van der Waals surface area contributed by atoms with Crippen LogP contribution in [0.1, 0.15) is 22.8 Å². The van der Waals surface area contributed by atoms with E-state index in [2.05, 4.69) is 20.7 Å². The van der Waals surface area contributed by atoms with E-state index in [-0.39, 0.29) is 17.5 Å². The summed E-state index contributed by atoms with van der Waals surface area (Å²) in [6.07, 6.45) is -5.21. The zero-order valence-corrected chi connectivity index (χ0v) is 11.4. The van der Waals surface area contributed by atoms with Gasteiger partial charge >= 0.3 is 6.36 Å². The van der Waals surface area contributed by atoms with E-state index < -0.39 is 22.7 Å². The van der Waals surface area contributed by atoms with Crippen LogP contribution in [0.3, 0.4) is 0 Å². The maximum absolute atomic E-state index is 12.3. The van der Waals surface area contributed by atoms with Crippen molar-refractivity contribution in [2.75, 3.05) is 0 Å². The number of halogens is 4. The van der Waals surface area contributed by atoms with Gasteiger partial charge in [-0.15, -0.1) is 13.2 Å². The fourth-order valence-electron chi connectivity index (χ4n) is 1.49.